The van der Waals surface area contributed by atoms with E-state index in [1.54, 1.807) is 0 Å². The summed E-state index contributed by atoms with van der Waals surface area (Å²) in [5, 5.41) is 9.40. The van der Waals surface area contributed by atoms with Gasteiger partial charge in [-0.3, -0.25) is 0 Å². The van der Waals surface area contributed by atoms with Gasteiger partial charge < -0.3 is 16.0 Å². The van der Waals surface area contributed by atoms with Gasteiger partial charge in [-0.25, -0.2) is 9.67 Å². The first-order valence-corrected chi connectivity index (χ1v) is 11.5. The van der Waals surface area contributed by atoms with Crippen molar-refractivity contribution >= 4 is 17.0 Å². The Morgan fingerprint density at radius 1 is 1.10 bits per heavy atom. The Hall–Kier alpha value is -2.51. The molecule has 7 nitrogen and oxygen atoms in total. The minimum absolute atomic E-state index is 0.358. The predicted molar refractivity (Wildman–Crippen MR) is 127 cm³/mol. The van der Waals surface area contributed by atoms with Gasteiger partial charge in [0.15, 0.2) is 5.65 Å². The van der Waals surface area contributed by atoms with Gasteiger partial charge in [0.1, 0.15) is 5.69 Å². The molecule has 1 aliphatic carbocycles. The van der Waals surface area contributed by atoms with Crippen LogP contribution in [0.15, 0.2) is 36.5 Å². The fraction of sp³-hybridized carbons (Fsp3) is 0.542. The smallest absolute Gasteiger partial charge is 0.224 e. The number of hydrogen-bond donors (Lipinski definition) is 2. The van der Waals surface area contributed by atoms with Gasteiger partial charge in [0.2, 0.25) is 5.95 Å². The van der Waals surface area contributed by atoms with Gasteiger partial charge >= 0.3 is 0 Å². The molecule has 3 aromatic rings. The van der Waals surface area contributed by atoms with Crippen molar-refractivity contribution < 1.29 is 0 Å². The molecule has 2 aromatic heterocycles. The summed E-state index contributed by atoms with van der Waals surface area (Å²) in [4.78, 5) is 11.7. The van der Waals surface area contributed by atoms with E-state index in [0.717, 1.165) is 80.4 Å². The van der Waals surface area contributed by atoms with Crippen LogP contribution in [0.5, 0.6) is 0 Å². The van der Waals surface area contributed by atoms with E-state index in [2.05, 4.69) is 46.1 Å². The van der Waals surface area contributed by atoms with Crippen molar-refractivity contribution in [3.8, 4) is 11.3 Å². The maximum absolute atomic E-state index is 6.11. The maximum Gasteiger partial charge on any atom is 0.224 e. The lowest BCUT2D eigenvalue weighted by Crippen LogP contribution is -2.28. The number of benzene rings is 1. The number of hydrogen-bond acceptors (Lipinski definition) is 6. The van der Waals surface area contributed by atoms with Gasteiger partial charge in [0.05, 0.1) is 5.39 Å². The highest BCUT2D eigenvalue weighted by Gasteiger charge is 2.22. The van der Waals surface area contributed by atoms with Crippen LogP contribution in [0.25, 0.3) is 22.3 Å². The van der Waals surface area contributed by atoms with E-state index in [9.17, 15) is 0 Å². The molecule has 4 rings (SSSR count). The molecule has 1 fully saturated rings. The topological polar surface area (TPSA) is 84.9 Å². The van der Waals surface area contributed by atoms with E-state index < -0.39 is 0 Å². The molecule has 0 amide bonds. The summed E-state index contributed by atoms with van der Waals surface area (Å²) in [6.45, 7) is 2.86. The molecule has 3 N–H and O–H groups in total. The largest absolute Gasteiger partial charge is 0.354 e. The summed E-state index contributed by atoms with van der Waals surface area (Å²) in [5.74, 6) is 1.28. The molecule has 166 valence electrons. The molecule has 0 saturated heterocycles. The van der Waals surface area contributed by atoms with Crippen molar-refractivity contribution in [1.82, 2.24) is 24.6 Å². The monoisotopic (exact) mass is 421 g/mol. The normalized spacial score (nSPS) is 19.2. The van der Waals surface area contributed by atoms with E-state index in [0.29, 0.717) is 17.9 Å². The van der Waals surface area contributed by atoms with Crippen LogP contribution < -0.4 is 11.1 Å². The van der Waals surface area contributed by atoms with Crippen molar-refractivity contribution in [2.75, 3.05) is 32.5 Å². The van der Waals surface area contributed by atoms with Crippen molar-refractivity contribution in [2.45, 2.75) is 51.1 Å². The van der Waals surface area contributed by atoms with Crippen molar-refractivity contribution in [2.24, 2.45) is 11.7 Å². The van der Waals surface area contributed by atoms with Gasteiger partial charge in [-0.2, -0.15) is 10.1 Å². The van der Waals surface area contributed by atoms with Gasteiger partial charge in [-0.15, -0.1) is 0 Å². The van der Waals surface area contributed by atoms with Crippen LogP contribution in [0.3, 0.4) is 0 Å². The molecule has 1 aliphatic rings. The fourth-order valence-electron chi connectivity index (χ4n) is 4.35. The zero-order valence-corrected chi connectivity index (χ0v) is 18.8. The number of fused-ring (bicyclic) bond motifs is 1. The minimum atomic E-state index is 0.358. The average Bonchev–Trinajstić information content (AvgIpc) is 3.13. The van der Waals surface area contributed by atoms with Crippen LogP contribution in [0.4, 0.5) is 5.95 Å². The lowest BCUT2D eigenvalue weighted by atomic mass is 9.86. The number of aromatic nitrogens is 4. The number of unbranched alkanes of at least 4 members (excludes halogenated alkanes) is 1. The number of nitrogens with zero attached hydrogens (tertiary/aromatic N) is 5. The summed E-state index contributed by atoms with van der Waals surface area (Å²) < 4.78 is 2.10. The minimum Gasteiger partial charge on any atom is -0.354 e. The maximum atomic E-state index is 6.11. The van der Waals surface area contributed by atoms with Crippen molar-refractivity contribution in [3.63, 3.8) is 0 Å². The molecule has 0 aliphatic heterocycles. The van der Waals surface area contributed by atoms with Gasteiger partial charge in [-0.05, 0) is 65.1 Å². The van der Waals surface area contributed by atoms with E-state index in [1.807, 2.05) is 24.4 Å². The molecule has 1 saturated carbocycles. The van der Waals surface area contributed by atoms with Crippen LogP contribution in [0.2, 0.25) is 0 Å². The third kappa shape index (κ3) is 5.60. The van der Waals surface area contributed by atoms with Crippen LogP contribution in [0.1, 0.15) is 38.5 Å². The second-order valence-corrected chi connectivity index (χ2v) is 9.05. The van der Waals surface area contributed by atoms with Crippen molar-refractivity contribution in [1.29, 1.82) is 0 Å². The quantitative estimate of drug-likeness (QED) is 0.512. The summed E-state index contributed by atoms with van der Waals surface area (Å²) >= 11 is 0. The Bertz CT molecular complexity index is 959. The van der Waals surface area contributed by atoms with Gasteiger partial charge in [-0.1, -0.05) is 30.3 Å². The molecule has 0 bridgehead atoms. The Morgan fingerprint density at radius 2 is 1.87 bits per heavy atom. The number of rotatable bonds is 9. The third-order valence-corrected chi connectivity index (χ3v) is 6.17. The SMILES string of the molecule is CN(C)CCCCNc1ncc2c(-c3ccccc3)nn(CC3CCC(N)CC3)c2n1. The molecule has 0 unspecified atom stereocenters. The first-order chi connectivity index (χ1) is 15.1. The number of nitrogens with two attached hydrogens (primary N) is 1. The molecule has 2 heterocycles. The molecule has 0 atom stereocenters. The standard InChI is InChI=1S/C24H35N7/c1-30(2)15-7-6-14-26-24-27-16-21-22(19-8-4-3-5-9-19)29-31(23(21)28-24)17-18-10-12-20(25)13-11-18/h3-5,8-9,16,18,20H,6-7,10-15,17,25H2,1-2H3,(H,26,27,28). The highest BCUT2D eigenvalue weighted by molar-refractivity contribution is 5.91. The van der Waals surface area contributed by atoms with E-state index in [1.165, 1.54) is 0 Å². The highest BCUT2D eigenvalue weighted by atomic mass is 15.3. The predicted octanol–water partition coefficient (Wildman–Crippen LogP) is 3.76. The van der Waals surface area contributed by atoms with E-state index in [-0.39, 0.29) is 0 Å². The van der Waals surface area contributed by atoms with Gasteiger partial charge in [0.25, 0.3) is 0 Å². The highest BCUT2D eigenvalue weighted by Crippen LogP contribution is 2.30. The summed E-state index contributed by atoms with van der Waals surface area (Å²) in [6.07, 6.45) is 8.69. The summed E-state index contributed by atoms with van der Waals surface area (Å²) in [7, 11) is 4.21. The fourth-order valence-corrected chi connectivity index (χ4v) is 4.35. The van der Waals surface area contributed by atoms with Crippen LogP contribution in [-0.2, 0) is 6.54 Å². The van der Waals surface area contributed by atoms with Crippen LogP contribution in [-0.4, -0.2) is 57.9 Å². The Balaban J connectivity index is 1.56. The first kappa shape index (κ1) is 21.7. The second kappa shape index (κ2) is 10.2. The third-order valence-electron chi connectivity index (χ3n) is 6.17. The molecule has 0 radical (unpaired) electrons. The first-order valence-electron chi connectivity index (χ1n) is 11.5. The Kier molecular flexibility index (Phi) is 7.14. The van der Waals surface area contributed by atoms with Crippen LogP contribution >= 0.6 is 0 Å². The summed E-state index contributed by atoms with van der Waals surface area (Å²) in [6, 6.07) is 10.7. The lowest BCUT2D eigenvalue weighted by Gasteiger charge is -2.25. The number of nitrogens with one attached hydrogen (secondary N) is 1. The molecular formula is C24H35N7. The Morgan fingerprint density at radius 3 is 2.61 bits per heavy atom. The van der Waals surface area contributed by atoms with E-state index >= 15 is 0 Å². The number of anilines is 1. The zero-order chi connectivity index (χ0) is 21.6. The molecular weight excluding hydrogens is 386 g/mol. The molecule has 1 aromatic carbocycles. The van der Waals surface area contributed by atoms with Gasteiger partial charge in [0, 0.05) is 30.9 Å². The molecule has 31 heavy (non-hydrogen) atoms. The van der Waals surface area contributed by atoms with Crippen molar-refractivity contribution in [3.05, 3.63) is 36.5 Å². The molecule has 7 heteroatoms. The second-order valence-electron chi connectivity index (χ2n) is 9.05. The lowest BCUT2D eigenvalue weighted by molar-refractivity contribution is 0.288. The Labute approximate surface area is 185 Å². The average molecular weight is 422 g/mol. The summed E-state index contributed by atoms with van der Waals surface area (Å²) in [5.41, 5.74) is 9.09. The van der Waals surface area contributed by atoms with Crippen LogP contribution in [0, 0.1) is 5.92 Å². The zero-order valence-electron chi connectivity index (χ0n) is 18.8. The molecule has 0 spiro atoms. The van der Waals surface area contributed by atoms with E-state index in [4.69, 9.17) is 15.8 Å².